The molecule has 180 valence electrons. The van der Waals surface area contributed by atoms with Crippen molar-refractivity contribution in [3.8, 4) is 5.75 Å². The van der Waals surface area contributed by atoms with Gasteiger partial charge < -0.3 is 9.64 Å². The van der Waals surface area contributed by atoms with Crippen LogP contribution in [0.1, 0.15) is 37.3 Å². The van der Waals surface area contributed by atoms with Gasteiger partial charge in [0, 0.05) is 18.7 Å². The van der Waals surface area contributed by atoms with Crippen molar-refractivity contribution in [2.24, 2.45) is 17.8 Å². The molecule has 3 amide bonds. The maximum absolute atomic E-state index is 12.9. The van der Waals surface area contributed by atoms with Gasteiger partial charge in [-0.25, -0.2) is 0 Å². The van der Waals surface area contributed by atoms with E-state index in [1.165, 1.54) is 4.90 Å². The molecule has 0 bridgehead atoms. The highest BCUT2D eigenvalue weighted by Crippen LogP contribution is 2.40. The summed E-state index contributed by atoms with van der Waals surface area (Å²) in [6, 6.07) is 12.3. The molecular formula is C28H28N2O5. The van der Waals surface area contributed by atoms with Crippen LogP contribution in [0.15, 0.2) is 54.1 Å². The zero-order valence-corrected chi connectivity index (χ0v) is 20.1. The number of rotatable bonds is 4. The van der Waals surface area contributed by atoms with E-state index in [0.717, 1.165) is 22.4 Å². The summed E-state index contributed by atoms with van der Waals surface area (Å²) in [5.41, 5.74) is 4.52. The number of carbonyl (C=O) groups is 4. The molecular weight excluding hydrogens is 444 g/mol. The Hall–Kier alpha value is -3.74. The monoisotopic (exact) mass is 472 g/mol. The standard InChI is InChI=1S/C28H28N2O5/c1-16-5-11-24(18(3)12-16)29-15-19(14-25(29)31)28(34)35-21-8-6-20(7-9-21)30-26(32)22-10-4-17(2)13-23(22)27(30)33/h4-9,11-12,19,22-23H,10,13-15H2,1-3H3/t19-,22+,23+/m1/s1. The molecule has 2 aromatic carbocycles. The van der Waals surface area contributed by atoms with E-state index in [0.29, 0.717) is 24.3 Å². The number of esters is 1. The highest BCUT2D eigenvalue weighted by molar-refractivity contribution is 6.22. The second-order valence-corrected chi connectivity index (χ2v) is 9.83. The highest BCUT2D eigenvalue weighted by atomic mass is 16.5. The third kappa shape index (κ3) is 4.16. The number of hydrogen-bond acceptors (Lipinski definition) is 5. The molecule has 0 N–H and O–H groups in total. The van der Waals surface area contributed by atoms with Gasteiger partial charge in [-0.3, -0.25) is 24.1 Å². The van der Waals surface area contributed by atoms with E-state index in [-0.39, 0.29) is 42.5 Å². The fourth-order valence-corrected chi connectivity index (χ4v) is 5.36. The number of imide groups is 1. The molecule has 5 rings (SSSR count). The molecule has 0 aromatic heterocycles. The van der Waals surface area contributed by atoms with Crippen LogP contribution < -0.4 is 14.5 Å². The molecule has 2 aromatic rings. The molecule has 1 aliphatic carbocycles. The van der Waals surface area contributed by atoms with Crippen LogP contribution in [0.3, 0.4) is 0 Å². The van der Waals surface area contributed by atoms with Crippen molar-refractivity contribution in [2.75, 3.05) is 16.3 Å². The van der Waals surface area contributed by atoms with Gasteiger partial charge in [-0.2, -0.15) is 0 Å². The Bertz CT molecular complexity index is 1260. The van der Waals surface area contributed by atoms with E-state index in [2.05, 4.69) is 0 Å². The summed E-state index contributed by atoms with van der Waals surface area (Å²) < 4.78 is 5.55. The van der Waals surface area contributed by atoms with Crippen LogP contribution in [0.2, 0.25) is 0 Å². The van der Waals surface area contributed by atoms with Crippen molar-refractivity contribution in [2.45, 2.75) is 40.0 Å². The van der Waals surface area contributed by atoms with E-state index in [9.17, 15) is 19.2 Å². The molecule has 2 saturated heterocycles. The quantitative estimate of drug-likeness (QED) is 0.289. The first-order valence-electron chi connectivity index (χ1n) is 12.0. The van der Waals surface area contributed by atoms with Crippen molar-refractivity contribution in [3.05, 3.63) is 65.2 Å². The van der Waals surface area contributed by atoms with Crippen LogP contribution >= 0.6 is 0 Å². The second kappa shape index (κ2) is 8.80. The lowest BCUT2D eigenvalue weighted by atomic mass is 9.82. The predicted molar refractivity (Wildman–Crippen MR) is 131 cm³/mol. The Morgan fingerprint density at radius 1 is 0.914 bits per heavy atom. The van der Waals surface area contributed by atoms with Gasteiger partial charge in [0.25, 0.3) is 0 Å². The third-order valence-electron chi connectivity index (χ3n) is 7.24. The fourth-order valence-electron chi connectivity index (χ4n) is 5.36. The summed E-state index contributed by atoms with van der Waals surface area (Å²) in [4.78, 5) is 54.1. The Balaban J connectivity index is 1.25. The zero-order chi connectivity index (χ0) is 24.9. The van der Waals surface area contributed by atoms with Crippen molar-refractivity contribution in [3.63, 3.8) is 0 Å². The largest absolute Gasteiger partial charge is 0.426 e. The number of fused-ring (bicyclic) bond motifs is 1. The van der Waals surface area contributed by atoms with Gasteiger partial charge in [-0.05, 0) is 69.5 Å². The zero-order valence-electron chi connectivity index (χ0n) is 20.1. The van der Waals surface area contributed by atoms with E-state index >= 15 is 0 Å². The van der Waals surface area contributed by atoms with E-state index in [1.54, 1.807) is 29.2 Å². The Morgan fingerprint density at radius 3 is 2.34 bits per heavy atom. The lowest BCUT2D eigenvalue weighted by Crippen LogP contribution is -2.30. The summed E-state index contributed by atoms with van der Waals surface area (Å²) >= 11 is 0. The van der Waals surface area contributed by atoms with Gasteiger partial charge in [0.1, 0.15) is 5.75 Å². The molecule has 35 heavy (non-hydrogen) atoms. The van der Waals surface area contributed by atoms with Crippen LogP contribution in [0.25, 0.3) is 0 Å². The maximum Gasteiger partial charge on any atom is 0.316 e. The van der Waals surface area contributed by atoms with Crippen molar-refractivity contribution < 1.29 is 23.9 Å². The van der Waals surface area contributed by atoms with Crippen LogP contribution in [-0.4, -0.2) is 30.2 Å². The molecule has 2 heterocycles. The topological polar surface area (TPSA) is 84.0 Å². The number of benzene rings is 2. The molecule has 0 radical (unpaired) electrons. The average Bonchev–Trinajstić information content (AvgIpc) is 3.32. The van der Waals surface area contributed by atoms with Crippen molar-refractivity contribution in [1.29, 1.82) is 0 Å². The van der Waals surface area contributed by atoms with E-state index in [4.69, 9.17) is 4.74 Å². The Labute approximate surface area is 204 Å². The summed E-state index contributed by atoms with van der Waals surface area (Å²) in [6.07, 6.45) is 3.33. The van der Waals surface area contributed by atoms with Crippen LogP contribution in [-0.2, 0) is 19.2 Å². The van der Waals surface area contributed by atoms with Gasteiger partial charge in [-0.1, -0.05) is 29.3 Å². The molecule has 2 aliphatic heterocycles. The average molecular weight is 473 g/mol. The van der Waals surface area contributed by atoms with Crippen LogP contribution in [0.5, 0.6) is 5.75 Å². The normalized spacial score (nSPS) is 24.0. The van der Waals surface area contributed by atoms with Crippen molar-refractivity contribution in [1.82, 2.24) is 0 Å². The Morgan fingerprint density at radius 2 is 1.63 bits per heavy atom. The minimum absolute atomic E-state index is 0.0945. The van der Waals surface area contributed by atoms with Gasteiger partial charge in [0.05, 0.1) is 23.4 Å². The molecule has 3 aliphatic rings. The molecule has 3 atom stereocenters. The third-order valence-corrected chi connectivity index (χ3v) is 7.24. The number of amides is 3. The number of hydrogen-bond donors (Lipinski definition) is 0. The first kappa shape index (κ1) is 23.0. The molecule has 7 heteroatoms. The van der Waals surface area contributed by atoms with Gasteiger partial charge in [0.15, 0.2) is 0 Å². The maximum atomic E-state index is 12.9. The van der Waals surface area contributed by atoms with E-state index in [1.807, 2.05) is 45.0 Å². The van der Waals surface area contributed by atoms with Crippen LogP contribution in [0, 0.1) is 31.6 Å². The molecule has 7 nitrogen and oxygen atoms in total. The number of carbonyl (C=O) groups excluding carboxylic acids is 4. The molecule has 2 fully saturated rings. The predicted octanol–water partition coefficient (Wildman–Crippen LogP) is 4.11. The summed E-state index contributed by atoms with van der Waals surface area (Å²) in [6.45, 7) is 6.20. The summed E-state index contributed by atoms with van der Waals surface area (Å²) in [7, 11) is 0. The van der Waals surface area contributed by atoms with Gasteiger partial charge in [-0.15, -0.1) is 0 Å². The number of allylic oxidation sites excluding steroid dienone is 2. The fraction of sp³-hybridized carbons (Fsp3) is 0.357. The van der Waals surface area contributed by atoms with Gasteiger partial charge >= 0.3 is 5.97 Å². The number of aryl methyl sites for hydroxylation is 2. The second-order valence-electron chi connectivity index (χ2n) is 9.83. The SMILES string of the molecule is CC1=CC[C@@H]2C(=O)N(c3ccc(OC(=O)[C@@H]4CC(=O)N(c5ccc(C)cc5C)C4)cc3)C(=O)[C@H]2C1. The lowest BCUT2D eigenvalue weighted by Gasteiger charge is -2.19. The molecule has 0 unspecified atom stereocenters. The van der Waals surface area contributed by atoms with E-state index < -0.39 is 11.9 Å². The van der Waals surface area contributed by atoms with Crippen molar-refractivity contribution >= 4 is 35.1 Å². The highest BCUT2D eigenvalue weighted by Gasteiger charge is 2.48. The van der Waals surface area contributed by atoms with Gasteiger partial charge in [0.2, 0.25) is 17.7 Å². The first-order chi connectivity index (χ1) is 16.7. The smallest absolute Gasteiger partial charge is 0.316 e. The summed E-state index contributed by atoms with van der Waals surface area (Å²) in [5, 5.41) is 0. The molecule has 0 spiro atoms. The minimum atomic E-state index is -0.566. The first-order valence-corrected chi connectivity index (χ1v) is 12.0. The summed E-state index contributed by atoms with van der Waals surface area (Å²) in [5.74, 6) is -1.79. The number of anilines is 2. The minimum Gasteiger partial charge on any atom is -0.426 e. The lowest BCUT2D eigenvalue weighted by molar-refractivity contribution is -0.139. The molecule has 0 saturated carbocycles. The number of nitrogens with zero attached hydrogens (tertiary/aromatic N) is 2. The number of ether oxygens (including phenoxy) is 1. The Kier molecular flexibility index (Phi) is 5.79. The van der Waals surface area contributed by atoms with Crippen LogP contribution in [0.4, 0.5) is 11.4 Å².